The van der Waals surface area contributed by atoms with Crippen LogP contribution >= 0.6 is 11.6 Å². The van der Waals surface area contributed by atoms with E-state index >= 15 is 0 Å². The highest BCUT2D eigenvalue weighted by atomic mass is 35.5. The first-order valence-corrected chi connectivity index (χ1v) is 8.73. The van der Waals surface area contributed by atoms with E-state index in [1.165, 1.54) is 0 Å². The lowest BCUT2D eigenvalue weighted by Gasteiger charge is -2.42. The molecule has 4 nitrogen and oxygen atoms in total. The van der Waals surface area contributed by atoms with E-state index in [-0.39, 0.29) is 18.6 Å². The summed E-state index contributed by atoms with van der Waals surface area (Å²) in [6, 6.07) is 0. The Balaban J connectivity index is 2.02. The smallest absolute Gasteiger partial charge is 0.410 e. The van der Waals surface area contributed by atoms with Crippen molar-refractivity contribution in [3.05, 3.63) is 23.3 Å². The second kappa shape index (κ2) is 7.27. The molecule has 130 valence electrons. The van der Waals surface area contributed by atoms with Crippen LogP contribution in [0.3, 0.4) is 0 Å². The standard InChI is InChI=1S/C18H28ClNO3/c1-12-9-14(19)5-6-15(12)16-7-8-20(10-13(16)11-21)17(22)23-18(2,3)4/h5-6,9,12-13,15-16,21H,7-8,10-11H2,1-4H3/t12?,13-,15-,16?/m0/s1. The van der Waals surface area contributed by atoms with Gasteiger partial charge in [0.25, 0.3) is 0 Å². The number of aliphatic hydroxyl groups is 1. The molecule has 1 aliphatic carbocycles. The summed E-state index contributed by atoms with van der Waals surface area (Å²) < 4.78 is 5.45. The number of likely N-dealkylation sites (tertiary alicyclic amines) is 1. The van der Waals surface area contributed by atoms with Crippen LogP contribution < -0.4 is 0 Å². The SMILES string of the molecule is CC1C=C(Cl)C=C[C@@H]1C1CCN(C(=O)OC(C)(C)C)C[C@H]1CO. The van der Waals surface area contributed by atoms with Gasteiger partial charge in [-0.2, -0.15) is 0 Å². The number of piperidine rings is 1. The Hall–Kier alpha value is -1.00. The van der Waals surface area contributed by atoms with Crippen LogP contribution in [0.2, 0.25) is 0 Å². The van der Waals surface area contributed by atoms with Crippen molar-refractivity contribution in [3.63, 3.8) is 0 Å². The predicted octanol–water partition coefficient (Wildman–Crippen LogP) is 3.80. The highest BCUT2D eigenvalue weighted by Gasteiger charge is 2.38. The maximum atomic E-state index is 12.2. The minimum atomic E-state index is -0.495. The van der Waals surface area contributed by atoms with E-state index in [9.17, 15) is 9.90 Å². The highest BCUT2D eigenvalue weighted by molar-refractivity contribution is 6.31. The molecular weight excluding hydrogens is 314 g/mol. The molecular formula is C18H28ClNO3. The summed E-state index contributed by atoms with van der Waals surface area (Å²) in [4.78, 5) is 14.0. The Kier molecular flexibility index (Phi) is 5.79. The Morgan fingerprint density at radius 1 is 1.48 bits per heavy atom. The molecule has 0 aromatic heterocycles. The number of rotatable bonds is 2. The van der Waals surface area contributed by atoms with Crippen molar-refractivity contribution in [1.82, 2.24) is 4.90 Å². The van der Waals surface area contributed by atoms with Crippen LogP contribution in [-0.4, -0.2) is 41.4 Å². The lowest BCUT2D eigenvalue weighted by Crippen LogP contribution is -2.48. The maximum Gasteiger partial charge on any atom is 0.410 e. The molecule has 0 spiro atoms. The maximum absolute atomic E-state index is 12.2. The van der Waals surface area contributed by atoms with Crippen molar-refractivity contribution in [2.75, 3.05) is 19.7 Å². The molecule has 0 saturated carbocycles. The van der Waals surface area contributed by atoms with E-state index in [1.54, 1.807) is 4.90 Å². The van der Waals surface area contributed by atoms with Gasteiger partial charge in [0, 0.05) is 30.6 Å². The molecule has 1 amide bonds. The summed E-state index contributed by atoms with van der Waals surface area (Å²) in [6.07, 6.45) is 6.75. The predicted molar refractivity (Wildman–Crippen MR) is 92.2 cm³/mol. The highest BCUT2D eigenvalue weighted by Crippen LogP contribution is 2.38. The zero-order chi connectivity index (χ0) is 17.2. The summed E-state index contributed by atoms with van der Waals surface area (Å²) in [6.45, 7) is 9.06. The Bertz CT molecular complexity index is 495. The van der Waals surface area contributed by atoms with Gasteiger partial charge in [-0.25, -0.2) is 4.79 Å². The van der Waals surface area contributed by atoms with Gasteiger partial charge in [0.1, 0.15) is 5.60 Å². The van der Waals surface area contributed by atoms with Crippen molar-refractivity contribution >= 4 is 17.7 Å². The molecule has 0 bridgehead atoms. The second-order valence-corrected chi connectivity index (χ2v) is 8.11. The molecule has 0 aromatic rings. The molecule has 1 N–H and O–H groups in total. The first kappa shape index (κ1) is 18.3. The molecule has 1 aliphatic heterocycles. The largest absolute Gasteiger partial charge is 0.444 e. The summed E-state index contributed by atoms with van der Waals surface area (Å²) >= 11 is 6.07. The topological polar surface area (TPSA) is 49.8 Å². The van der Waals surface area contributed by atoms with Gasteiger partial charge in [-0.3, -0.25) is 0 Å². The number of hydrogen-bond donors (Lipinski definition) is 1. The molecule has 23 heavy (non-hydrogen) atoms. The minimum absolute atomic E-state index is 0.0682. The number of hydrogen-bond acceptors (Lipinski definition) is 3. The second-order valence-electron chi connectivity index (χ2n) is 7.67. The number of amides is 1. The quantitative estimate of drug-likeness (QED) is 0.831. The zero-order valence-corrected chi connectivity index (χ0v) is 15.2. The number of halogens is 1. The van der Waals surface area contributed by atoms with E-state index in [1.807, 2.05) is 26.8 Å². The first-order valence-electron chi connectivity index (χ1n) is 8.35. The Morgan fingerprint density at radius 2 is 2.17 bits per heavy atom. The molecule has 2 rings (SSSR count). The van der Waals surface area contributed by atoms with Crippen LogP contribution in [-0.2, 0) is 4.74 Å². The molecule has 2 aliphatic rings. The molecule has 1 fully saturated rings. The average molecular weight is 342 g/mol. The third-order valence-electron chi connectivity index (χ3n) is 4.68. The number of nitrogens with zero attached hydrogens (tertiary/aromatic N) is 1. The van der Waals surface area contributed by atoms with Gasteiger partial charge >= 0.3 is 6.09 Å². The van der Waals surface area contributed by atoms with E-state index in [2.05, 4.69) is 19.1 Å². The molecule has 2 unspecified atom stereocenters. The van der Waals surface area contributed by atoms with E-state index < -0.39 is 5.60 Å². The summed E-state index contributed by atoms with van der Waals surface area (Å²) in [5, 5.41) is 10.6. The number of carbonyl (C=O) groups excluding carboxylic acids is 1. The summed E-state index contributed by atoms with van der Waals surface area (Å²) in [5.74, 6) is 1.12. The van der Waals surface area contributed by atoms with Gasteiger partial charge < -0.3 is 14.7 Å². The molecule has 1 heterocycles. The molecule has 0 aromatic carbocycles. The van der Waals surface area contributed by atoms with Gasteiger partial charge in [-0.15, -0.1) is 0 Å². The van der Waals surface area contributed by atoms with Crippen molar-refractivity contribution < 1.29 is 14.6 Å². The van der Waals surface area contributed by atoms with Gasteiger partial charge in [-0.1, -0.05) is 30.7 Å². The summed E-state index contributed by atoms with van der Waals surface area (Å²) in [7, 11) is 0. The monoisotopic (exact) mass is 341 g/mol. The fraction of sp³-hybridized carbons (Fsp3) is 0.722. The molecule has 5 heteroatoms. The van der Waals surface area contributed by atoms with Crippen LogP contribution in [0.4, 0.5) is 4.79 Å². The van der Waals surface area contributed by atoms with Crippen molar-refractivity contribution in [2.45, 2.75) is 39.7 Å². The van der Waals surface area contributed by atoms with Crippen molar-refractivity contribution in [1.29, 1.82) is 0 Å². The van der Waals surface area contributed by atoms with Crippen LogP contribution in [0.5, 0.6) is 0 Å². The number of allylic oxidation sites excluding steroid dienone is 4. The number of aliphatic hydroxyl groups excluding tert-OH is 1. The zero-order valence-electron chi connectivity index (χ0n) is 14.5. The third-order valence-corrected chi connectivity index (χ3v) is 4.93. The molecule has 0 radical (unpaired) electrons. The normalized spacial score (nSPS) is 31.7. The van der Waals surface area contributed by atoms with Crippen LogP contribution in [0.15, 0.2) is 23.3 Å². The lowest BCUT2D eigenvalue weighted by atomic mass is 9.71. The minimum Gasteiger partial charge on any atom is -0.444 e. The van der Waals surface area contributed by atoms with Gasteiger partial charge in [0.2, 0.25) is 0 Å². The summed E-state index contributed by atoms with van der Waals surface area (Å²) in [5.41, 5.74) is -0.495. The molecule has 1 saturated heterocycles. The third kappa shape index (κ3) is 4.74. The fourth-order valence-corrected chi connectivity index (χ4v) is 3.84. The van der Waals surface area contributed by atoms with E-state index in [0.29, 0.717) is 30.8 Å². The van der Waals surface area contributed by atoms with Crippen LogP contribution in [0.1, 0.15) is 34.1 Å². The van der Waals surface area contributed by atoms with Gasteiger partial charge in [0.05, 0.1) is 0 Å². The van der Waals surface area contributed by atoms with Crippen molar-refractivity contribution in [2.24, 2.45) is 23.7 Å². The Morgan fingerprint density at radius 3 is 2.74 bits per heavy atom. The van der Waals surface area contributed by atoms with Crippen LogP contribution in [0.25, 0.3) is 0 Å². The average Bonchev–Trinajstić information content (AvgIpc) is 2.45. The number of carbonyl (C=O) groups is 1. The van der Waals surface area contributed by atoms with Crippen molar-refractivity contribution in [3.8, 4) is 0 Å². The van der Waals surface area contributed by atoms with Gasteiger partial charge in [0.15, 0.2) is 0 Å². The Labute approximate surface area is 144 Å². The lowest BCUT2D eigenvalue weighted by molar-refractivity contribution is -0.00265. The molecule has 4 atom stereocenters. The van der Waals surface area contributed by atoms with Crippen LogP contribution in [0, 0.1) is 23.7 Å². The fourth-order valence-electron chi connectivity index (χ4n) is 3.57. The van der Waals surface area contributed by atoms with E-state index in [0.717, 1.165) is 11.5 Å². The number of ether oxygens (including phenoxy) is 1. The first-order chi connectivity index (χ1) is 10.7. The van der Waals surface area contributed by atoms with E-state index in [4.69, 9.17) is 16.3 Å². The van der Waals surface area contributed by atoms with Gasteiger partial charge in [-0.05, 0) is 51.0 Å².